The van der Waals surface area contributed by atoms with Crippen LogP contribution in [0.1, 0.15) is 66.1 Å². The predicted octanol–water partition coefficient (Wildman–Crippen LogP) is 7.58. The SMILES string of the molecule is Cc1cc(C)c(C)c(Oc2c(C(F)(F)F)oc3c(C[NH+](CC(C)C)CC(C)C)c(OC(=O)c4ccc(F)cc4)ccc3c2=O)c1. The van der Waals surface area contributed by atoms with Crippen LogP contribution in [0.15, 0.2) is 57.7 Å². The normalized spacial score (nSPS) is 12.0. The molecular weight excluding hydrogens is 590 g/mol. The van der Waals surface area contributed by atoms with E-state index in [1.165, 1.54) is 24.3 Å². The fourth-order valence-corrected chi connectivity index (χ4v) is 5.42. The number of halogens is 4. The fraction of sp³-hybridized carbons (Fsp3) is 0.371. The number of nitrogens with one attached hydrogen (secondary N) is 1. The van der Waals surface area contributed by atoms with Crippen molar-refractivity contribution >= 4 is 16.9 Å². The van der Waals surface area contributed by atoms with E-state index in [-0.39, 0.29) is 52.0 Å². The molecule has 10 heteroatoms. The van der Waals surface area contributed by atoms with Crippen molar-refractivity contribution in [3.8, 4) is 17.2 Å². The molecule has 0 fully saturated rings. The molecule has 240 valence electrons. The van der Waals surface area contributed by atoms with Gasteiger partial charge in [0.2, 0.25) is 11.2 Å². The highest BCUT2D eigenvalue weighted by Gasteiger charge is 2.41. The quantitative estimate of drug-likeness (QED) is 0.111. The highest BCUT2D eigenvalue weighted by Crippen LogP contribution is 2.41. The number of carbonyl (C=O) groups is 1. The first-order valence-electron chi connectivity index (χ1n) is 14.8. The Bertz CT molecular complexity index is 1750. The summed E-state index contributed by atoms with van der Waals surface area (Å²) in [6.07, 6.45) is -5.09. The van der Waals surface area contributed by atoms with Crippen LogP contribution in [0.5, 0.6) is 17.2 Å². The molecule has 0 spiro atoms. The molecule has 6 nitrogen and oxygen atoms in total. The molecule has 0 radical (unpaired) electrons. The smallest absolute Gasteiger partial charge is 0.449 e. The maximum atomic E-state index is 14.6. The molecule has 0 saturated carbocycles. The first-order valence-corrected chi connectivity index (χ1v) is 14.8. The maximum Gasteiger partial charge on any atom is 0.453 e. The second-order valence-corrected chi connectivity index (χ2v) is 12.3. The summed E-state index contributed by atoms with van der Waals surface area (Å²) < 4.78 is 74.2. The van der Waals surface area contributed by atoms with Gasteiger partial charge in [0.25, 0.3) is 5.76 Å². The van der Waals surface area contributed by atoms with Gasteiger partial charge in [0, 0.05) is 11.8 Å². The molecule has 0 bridgehead atoms. The summed E-state index contributed by atoms with van der Waals surface area (Å²) in [6, 6.07) is 10.8. The number of aryl methyl sites for hydroxylation is 2. The molecule has 1 N–H and O–H groups in total. The lowest BCUT2D eigenvalue weighted by atomic mass is 10.0. The van der Waals surface area contributed by atoms with Crippen molar-refractivity contribution in [3.63, 3.8) is 0 Å². The second kappa shape index (κ2) is 13.4. The van der Waals surface area contributed by atoms with Crippen LogP contribution in [0.25, 0.3) is 11.0 Å². The van der Waals surface area contributed by atoms with Gasteiger partial charge in [-0.25, -0.2) is 9.18 Å². The number of benzene rings is 3. The number of ether oxygens (including phenoxy) is 2. The van der Waals surface area contributed by atoms with Crippen molar-refractivity contribution < 1.29 is 41.1 Å². The highest BCUT2D eigenvalue weighted by atomic mass is 19.4. The minimum Gasteiger partial charge on any atom is -0.449 e. The summed E-state index contributed by atoms with van der Waals surface area (Å²) in [5.74, 6) is -3.43. The average molecular weight is 629 g/mol. The topological polar surface area (TPSA) is 70.2 Å². The van der Waals surface area contributed by atoms with Gasteiger partial charge < -0.3 is 18.8 Å². The lowest BCUT2D eigenvalue weighted by Crippen LogP contribution is -3.11. The lowest BCUT2D eigenvalue weighted by molar-refractivity contribution is -0.919. The Labute approximate surface area is 259 Å². The third-order valence-corrected chi connectivity index (χ3v) is 7.42. The van der Waals surface area contributed by atoms with Gasteiger partial charge in [0.05, 0.1) is 29.6 Å². The number of hydrogen-bond acceptors (Lipinski definition) is 5. The minimum atomic E-state index is -5.09. The number of carbonyl (C=O) groups excluding carboxylic acids is 1. The van der Waals surface area contributed by atoms with Crippen LogP contribution >= 0.6 is 0 Å². The molecular formula is C35H38F4NO5+. The summed E-state index contributed by atoms with van der Waals surface area (Å²) in [6.45, 7) is 14.8. The van der Waals surface area contributed by atoms with E-state index in [1.807, 2.05) is 33.8 Å². The Hall–Kier alpha value is -4.18. The number of fused-ring (bicyclic) bond motifs is 1. The van der Waals surface area contributed by atoms with E-state index in [9.17, 15) is 27.2 Å². The minimum absolute atomic E-state index is 0.0426. The first kappa shape index (κ1) is 33.7. The average Bonchev–Trinajstić information content (AvgIpc) is 2.92. The molecule has 1 heterocycles. The molecule has 0 atom stereocenters. The van der Waals surface area contributed by atoms with Crippen LogP contribution in [-0.4, -0.2) is 19.1 Å². The van der Waals surface area contributed by atoms with Crippen molar-refractivity contribution in [2.45, 2.75) is 61.2 Å². The number of hydrogen-bond donors (Lipinski definition) is 1. The van der Waals surface area contributed by atoms with E-state index in [0.29, 0.717) is 18.7 Å². The summed E-state index contributed by atoms with van der Waals surface area (Å²) in [7, 11) is 0. The van der Waals surface area contributed by atoms with E-state index in [0.717, 1.165) is 28.2 Å². The number of esters is 1. The molecule has 0 amide bonds. The van der Waals surface area contributed by atoms with Gasteiger partial charge in [-0.3, -0.25) is 4.79 Å². The van der Waals surface area contributed by atoms with E-state index in [4.69, 9.17) is 13.9 Å². The first-order chi connectivity index (χ1) is 21.0. The standard InChI is InChI=1S/C35H37F4NO5/c1-19(2)16-40(17-20(3)4)18-27-28(44-34(42)24-8-10-25(36)11-9-24)13-12-26-30(41)32(33(35(37,38)39)45-31(26)27)43-29-15-21(5)14-22(6)23(29)7/h8-15,19-20H,16-18H2,1-7H3/p+1. The molecule has 1 aromatic heterocycles. The third kappa shape index (κ3) is 7.92. The Balaban J connectivity index is 1.96. The van der Waals surface area contributed by atoms with Gasteiger partial charge in [-0.15, -0.1) is 0 Å². The summed E-state index contributed by atoms with van der Waals surface area (Å²) >= 11 is 0. The van der Waals surface area contributed by atoms with Gasteiger partial charge in [0.15, 0.2) is 5.58 Å². The lowest BCUT2D eigenvalue weighted by Gasteiger charge is -2.25. The molecule has 0 aliphatic heterocycles. The Morgan fingerprint density at radius 1 is 0.911 bits per heavy atom. The molecule has 0 aliphatic carbocycles. The Kier molecular flexibility index (Phi) is 10.1. The van der Waals surface area contributed by atoms with Crippen molar-refractivity contribution in [1.29, 1.82) is 0 Å². The number of quaternary nitrogens is 1. The van der Waals surface area contributed by atoms with E-state index < -0.39 is 34.9 Å². The Morgan fingerprint density at radius 2 is 1.53 bits per heavy atom. The van der Waals surface area contributed by atoms with E-state index >= 15 is 0 Å². The van der Waals surface area contributed by atoms with E-state index in [2.05, 4.69) is 0 Å². The molecule has 3 aromatic carbocycles. The number of alkyl halides is 3. The zero-order chi connectivity index (χ0) is 33.2. The van der Waals surface area contributed by atoms with Crippen molar-refractivity contribution in [1.82, 2.24) is 0 Å². The van der Waals surface area contributed by atoms with Crippen molar-refractivity contribution in [2.75, 3.05) is 13.1 Å². The van der Waals surface area contributed by atoms with Crippen LogP contribution in [0.2, 0.25) is 0 Å². The van der Waals surface area contributed by atoms with Gasteiger partial charge >= 0.3 is 12.1 Å². The van der Waals surface area contributed by atoms with Gasteiger partial charge in [-0.2, -0.15) is 13.2 Å². The number of rotatable bonds is 10. The van der Waals surface area contributed by atoms with Crippen LogP contribution in [-0.2, 0) is 12.7 Å². The molecule has 4 aromatic rings. The molecule has 0 aliphatic rings. The van der Waals surface area contributed by atoms with Crippen LogP contribution in [0, 0.1) is 38.4 Å². The molecule has 4 rings (SSSR count). The van der Waals surface area contributed by atoms with Crippen LogP contribution < -0.4 is 19.8 Å². The Morgan fingerprint density at radius 3 is 2.11 bits per heavy atom. The summed E-state index contributed by atoms with van der Waals surface area (Å²) in [5.41, 5.74) is 0.952. The van der Waals surface area contributed by atoms with E-state index in [1.54, 1.807) is 26.8 Å². The van der Waals surface area contributed by atoms with Crippen LogP contribution in [0.4, 0.5) is 17.6 Å². The molecule has 0 saturated heterocycles. The maximum absolute atomic E-state index is 14.6. The van der Waals surface area contributed by atoms with Crippen molar-refractivity contribution in [3.05, 3.63) is 98.1 Å². The van der Waals surface area contributed by atoms with Gasteiger partial charge in [-0.05, 0) is 79.9 Å². The second-order valence-electron chi connectivity index (χ2n) is 12.3. The highest BCUT2D eigenvalue weighted by molar-refractivity contribution is 5.92. The van der Waals surface area contributed by atoms with Gasteiger partial charge in [-0.1, -0.05) is 33.8 Å². The monoisotopic (exact) mass is 628 g/mol. The van der Waals surface area contributed by atoms with Crippen molar-refractivity contribution in [2.24, 2.45) is 11.8 Å². The summed E-state index contributed by atoms with van der Waals surface area (Å²) in [5, 5.41) is -0.148. The fourth-order valence-electron chi connectivity index (χ4n) is 5.42. The predicted molar refractivity (Wildman–Crippen MR) is 164 cm³/mol. The molecule has 0 unspecified atom stereocenters. The van der Waals surface area contributed by atoms with Gasteiger partial charge in [0.1, 0.15) is 23.9 Å². The zero-order valence-corrected chi connectivity index (χ0v) is 26.4. The summed E-state index contributed by atoms with van der Waals surface area (Å²) in [4.78, 5) is 27.9. The largest absolute Gasteiger partial charge is 0.453 e. The zero-order valence-electron chi connectivity index (χ0n) is 26.4. The van der Waals surface area contributed by atoms with Crippen LogP contribution in [0.3, 0.4) is 0 Å². The molecule has 45 heavy (non-hydrogen) atoms. The third-order valence-electron chi connectivity index (χ3n) is 7.42.